The monoisotopic (exact) mass is 399 g/mol. The normalized spacial score (nSPS) is 10.0. The topological polar surface area (TPSA) is 115 Å². The number of H-pyrrole nitrogens is 2. The van der Waals surface area contributed by atoms with Gasteiger partial charge in [0.2, 0.25) is 0 Å². The molecule has 26 heavy (non-hydrogen) atoms. The standard InChI is InChI=1S/C16H17N5O3.2ClH/c1-2-21(15(22)13-14(16(23)24)18-9-17-13)8-7-12-19-10-5-3-4-6-11(10)20-12;;/h3-6,9H,2,7-8H2,1H3,(H,17,18)(H,19,20)(H,23,24);2*1H. The minimum absolute atomic E-state index is 0. The summed E-state index contributed by atoms with van der Waals surface area (Å²) in [5.74, 6) is -0.834. The number of carboxylic acid groups (broad SMARTS) is 1. The van der Waals surface area contributed by atoms with Gasteiger partial charge in [-0.3, -0.25) is 4.79 Å². The van der Waals surface area contributed by atoms with E-state index in [0.717, 1.165) is 16.9 Å². The summed E-state index contributed by atoms with van der Waals surface area (Å²) in [6.07, 6.45) is 1.75. The van der Waals surface area contributed by atoms with Crippen LogP contribution < -0.4 is 0 Å². The molecule has 0 unspecified atom stereocenters. The van der Waals surface area contributed by atoms with Crippen LogP contribution in [0.3, 0.4) is 0 Å². The number of hydrogen-bond acceptors (Lipinski definition) is 4. The molecule has 1 amide bonds. The van der Waals surface area contributed by atoms with Gasteiger partial charge >= 0.3 is 5.97 Å². The van der Waals surface area contributed by atoms with Crippen LogP contribution in [-0.4, -0.2) is 54.9 Å². The van der Waals surface area contributed by atoms with Gasteiger partial charge in [-0.1, -0.05) is 12.1 Å². The van der Waals surface area contributed by atoms with Gasteiger partial charge in [-0.15, -0.1) is 24.8 Å². The summed E-state index contributed by atoms with van der Waals surface area (Å²) in [6, 6.07) is 7.70. The number of benzene rings is 1. The van der Waals surface area contributed by atoms with Crippen molar-refractivity contribution < 1.29 is 14.7 Å². The molecule has 0 saturated heterocycles. The second kappa shape index (κ2) is 9.21. The van der Waals surface area contributed by atoms with Crippen molar-refractivity contribution in [2.75, 3.05) is 13.1 Å². The molecule has 2 aromatic heterocycles. The van der Waals surface area contributed by atoms with E-state index < -0.39 is 11.9 Å². The van der Waals surface area contributed by atoms with Gasteiger partial charge in [0.05, 0.1) is 17.4 Å². The highest BCUT2D eigenvalue weighted by Gasteiger charge is 2.23. The molecule has 0 aliphatic rings. The van der Waals surface area contributed by atoms with Gasteiger partial charge in [-0.25, -0.2) is 14.8 Å². The van der Waals surface area contributed by atoms with Crippen LogP contribution in [0.2, 0.25) is 0 Å². The quantitative estimate of drug-likeness (QED) is 0.588. The highest BCUT2D eigenvalue weighted by molar-refractivity contribution is 6.02. The fourth-order valence-electron chi connectivity index (χ4n) is 2.54. The van der Waals surface area contributed by atoms with Crippen LogP contribution >= 0.6 is 24.8 Å². The van der Waals surface area contributed by atoms with Gasteiger partial charge in [-0.2, -0.15) is 0 Å². The molecule has 0 fully saturated rings. The summed E-state index contributed by atoms with van der Waals surface area (Å²) >= 11 is 0. The molecule has 3 rings (SSSR count). The third-order valence-corrected chi connectivity index (χ3v) is 3.78. The molecule has 0 bridgehead atoms. The fourth-order valence-corrected chi connectivity index (χ4v) is 2.54. The zero-order valence-electron chi connectivity index (χ0n) is 13.9. The number of imidazole rings is 2. The van der Waals surface area contributed by atoms with Crippen molar-refractivity contribution in [3.8, 4) is 0 Å². The lowest BCUT2D eigenvalue weighted by Crippen LogP contribution is -2.34. The molecule has 0 radical (unpaired) electrons. The summed E-state index contributed by atoms with van der Waals surface area (Å²) in [5.41, 5.74) is 1.56. The number of rotatable bonds is 6. The second-order valence-electron chi connectivity index (χ2n) is 5.27. The first-order valence-electron chi connectivity index (χ1n) is 7.59. The number of carbonyl (C=O) groups is 2. The number of para-hydroxylation sites is 2. The Labute approximate surface area is 161 Å². The molecular formula is C16H19Cl2N5O3. The molecule has 0 saturated carbocycles. The van der Waals surface area contributed by atoms with Crippen LogP contribution in [0.25, 0.3) is 11.0 Å². The predicted molar refractivity (Wildman–Crippen MR) is 101 cm³/mol. The third-order valence-electron chi connectivity index (χ3n) is 3.78. The fraction of sp³-hybridized carbons (Fsp3) is 0.250. The van der Waals surface area contributed by atoms with Gasteiger partial charge in [0.25, 0.3) is 5.91 Å². The Morgan fingerprint density at radius 3 is 2.62 bits per heavy atom. The van der Waals surface area contributed by atoms with E-state index >= 15 is 0 Å². The van der Waals surface area contributed by atoms with E-state index in [0.29, 0.717) is 19.5 Å². The number of likely N-dealkylation sites (N-methyl/N-ethyl adjacent to an activating group) is 1. The Bertz CT molecular complexity index is 860. The smallest absolute Gasteiger partial charge is 0.354 e. The number of aromatic carboxylic acids is 1. The van der Waals surface area contributed by atoms with E-state index in [2.05, 4.69) is 19.9 Å². The van der Waals surface area contributed by atoms with Crippen molar-refractivity contribution >= 4 is 47.7 Å². The number of carbonyl (C=O) groups excluding carboxylic acids is 1. The van der Waals surface area contributed by atoms with E-state index in [4.69, 9.17) is 5.11 Å². The number of carboxylic acids is 1. The summed E-state index contributed by atoms with van der Waals surface area (Å²) in [5, 5.41) is 9.09. The molecule has 0 aliphatic carbocycles. The summed E-state index contributed by atoms with van der Waals surface area (Å²) in [7, 11) is 0. The lowest BCUT2D eigenvalue weighted by molar-refractivity contribution is 0.0670. The highest BCUT2D eigenvalue weighted by Crippen LogP contribution is 2.12. The SMILES string of the molecule is CCN(CCc1nc2ccccc2[nH]1)C(=O)c1nc[nH]c1C(=O)O.Cl.Cl. The lowest BCUT2D eigenvalue weighted by Gasteiger charge is -2.19. The molecule has 140 valence electrons. The molecule has 10 heteroatoms. The van der Waals surface area contributed by atoms with Gasteiger partial charge in [0.15, 0.2) is 11.4 Å². The molecule has 3 N–H and O–H groups in total. The van der Waals surface area contributed by atoms with Crippen molar-refractivity contribution in [2.24, 2.45) is 0 Å². The van der Waals surface area contributed by atoms with Crippen LogP contribution in [0, 0.1) is 0 Å². The van der Waals surface area contributed by atoms with Crippen LogP contribution in [0.4, 0.5) is 0 Å². The molecular weight excluding hydrogens is 381 g/mol. The average Bonchev–Trinajstić information content (AvgIpc) is 3.21. The van der Waals surface area contributed by atoms with Gasteiger partial charge in [0.1, 0.15) is 5.82 Å². The van der Waals surface area contributed by atoms with E-state index in [1.165, 1.54) is 6.33 Å². The zero-order chi connectivity index (χ0) is 17.1. The van der Waals surface area contributed by atoms with E-state index in [9.17, 15) is 9.59 Å². The van der Waals surface area contributed by atoms with Gasteiger partial charge in [0, 0.05) is 19.5 Å². The molecule has 2 heterocycles. The van der Waals surface area contributed by atoms with Crippen LogP contribution in [0.5, 0.6) is 0 Å². The largest absolute Gasteiger partial charge is 0.477 e. The third kappa shape index (κ3) is 4.33. The minimum Gasteiger partial charge on any atom is -0.477 e. The van der Waals surface area contributed by atoms with Crippen molar-refractivity contribution in [3.63, 3.8) is 0 Å². The maximum atomic E-state index is 12.5. The Morgan fingerprint density at radius 1 is 1.23 bits per heavy atom. The Kier molecular flexibility index (Phi) is 7.60. The Balaban J connectivity index is 0.00000169. The van der Waals surface area contributed by atoms with Crippen LogP contribution in [0.15, 0.2) is 30.6 Å². The highest BCUT2D eigenvalue weighted by atomic mass is 35.5. The molecule has 0 aliphatic heterocycles. The van der Waals surface area contributed by atoms with Crippen molar-refractivity contribution in [1.82, 2.24) is 24.8 Å². The molecule has 0 spiro atoms. The van der Waals surface area contributed by atoms with E-state index in [-0.39, 0.29) is 36.2 Å². The van der Waals surface area contributed by atoms with Gasteiger partial charge in [-0.05, 0) is 19.1 Å². The predicted octanol–water partition coefficient (Wildman–Crippen LogP) is 2.53. The minimum atomic E-state index is -1.20. The first-order valence-corrected chi connectivity index (χ1v) is 7.59. The second-order valence-corrected chi connectivity index (χ2v) is 5.27. The first-order chi connectivity index (χ1) is 11.6. The van der Waals surface area contributed by atoms with Crippen LogP contribution in [0.1, 0.15) is 33.7 Å². The zero-order valence-corrected chi connectivity index (χ0v) is 15.6. The number of nitrogens with zero attached hydrogens (tertiary/aromatic N) is 3. The number of halogens is 2. The number of fused-ring (bicyclic) bond motifs is 1. The first kappa shape index (κ1) is 21.5. The number of aromatic amines is 2. The maximum absolute atomic E-state index is 12.5. The number of hydrogen-bond donors (Lipinski definition) is 3. The Morgan fingerprint density at radius 2 is 1.96 bits per heavy atom. The number of nitrogens with one attached hydrogen (secondary N) is 2. The summed E-state index contributed by atoms with van der Waals surface area (Å²) in [6.45, 7) is 2.70. The molecule has 8 nitrogen and oxygen atoms in total. The summed E-state index contributed by atoms with van der Waals surface area (Å²) < 4.78 is 0. The molecule has 1 aromatic carbocycles. The van der Waals surface area contributed by atoms with Crippen molar-refractivity contribution in [3.05, 3.63) is 47.8 Å². The molecule has 3 aromatic rings. The summed E-state index contributed by atoms with van der Waals surface area (Å²) in [4.78, 5) is 39.2. The lowest BCUT2D eigenvalue weighted by atomic mass is 10.2. The number of amides is 1. The molecule has 0 atom stereocenters. The van der Waals surface area contributed by atoms with Gasteiger partial charge < -0.3 is 20.0 Å². The maximum Gasteiger partial charge on any atom is 0.354 e. The van der Waals surface area contributed by atoms with E-state index in [1.54, 1.807) is 4.90 Å². The van der Waals surface area contributed by atoms with Crippen molar-refractivity contribution in [2.45, 2.75) is 13.3 Å². The Hall–Kier alpha value is -2.58. The number of aromatic nitrogens is 4. The van der Waals surface area contributed by atoms with Crippen molar-refractivity contribution in [1.29, 1.82) is 0 Å². The van der Waals surface area contributed by atoms with Crippen LogP contribution in [-0.2, 0) is 6.42 Å². The van der Waals surface area contributed by atoms with E-state index in [1.807, 2.05) is 31.2 Å². The average molecular weight is 400 g/mol.